The van der Waals surface area contributed by atoms with Crippen LogP contribution in [0.15, 0.2) is 36.7 Å². The van der Waals surface area contributed by atoms with Gasteiger partial charge in [-0.25, -0.2) is 0 Å². The molecule has 0 fully saturated rings. The zero-order chi connectivity index (χ0) is 11.5. The Morgan fingerprint density at radius 2 is 1.94 bits per heavy atom. The molecule has 1 aromatic carbocycles. The number of rotatable bonds is 2. The third-order valence-corrected chi connectivity index (χ3v) is 3.25. The van der Waals surface area contributed by atoms with Crippen LogP contribution in [0.5, 0.6) is 0 Å². The Labute approximate surface area is 101 Å². The summed E-state index contributed by atoms with van der Waals surface area (Å²) < 4.78 is 2.16. The fraction of sp³-hybridized carbons (Fsp3) is 0.385. The van der Waals surface area contributed by atoms with Gasteiger partial charge >= 0.3 is 0 Å². The third kappa shape index (κ3) is 2.36. The van der Waals surface area contributed by atoms with E-state index in [2.05, 4.69) is 50.0 Å². The molecule has 1 aliphatic rings. The average molecular weight is 228 g/mol. The Bertz CT molecular complexity index is 455. The van der Waals surface area contributed by atoms with E-state index < -0.39 is 0 Å². The molecule has 0 bridgehead atoms. The molecular weight excluding hydrogens is 212 g/mol. The number of fused-ring (bicyclic) bond motifs is 1. The van der Waals surface area contributed by atoms with E-state index in [4.69, 9.17) is 0 Å². The maximum atomic E-state index is 4.14. The summed E-state index contributed by atoms with van der Waals surface area (Å²) in [6.45, 7) is 4.15. The lowest BCUT2D eigenvalue weighted by atomic mass is 10.2. The molecule has 2 aromatic rings. The minimum Gasteiger partial charge on any atom is -0.316 e. The first-order valence-corrected chi connectivity index (χ1v) is 6.05. The van der Waals surface area contributed by atoms with E-state index in [0.717, 1.165) is 38.4 Å². The van der Waals surface area contributed by atoms with Gasteiger partial charge < -0.3 is 4.57 Å². The van der Waals surface area contributed by atoms with Crippen LogP contribution in [0.1, 0.15) is 11.4 Å². The minimum atomic E-state index is 0.993. The molecular formula is C13H16N4. The number of nitrogens with zero attached hydrogens (tertiary/aromatic N) is 4. The maximum Gasteiger partial charge on any atom is 0.134 e. The van der Waals surface area contributed by atoms with Gasteiger partial charge in [-0.1, -0.05) is 30.3 Å². The molecule has 0 atom stereocenters. The monoisotopic (exact) mass is 228 g/mol. The van der Waals surface area contributed by atoms with Crippen molar-refractivity contribution >= 4 is 0 Å². The summed E-state index contributed by atoms with van der Waals surface area (Å²) in [5, 5.41) is 8.09. The number of hydrogen-bond acceptors (Lipinski definition) is 3. The van der Waals surface area contributed by atoms with Gasteiger partial charge in [0, 0.05) is 32.6 Å². The average Bonchev–Trinajstić information content (AvgIpc) is 2.74. The van der Waals surface area contributed by atoms with Crippen molar-refractivity contribution in [2.75, 3.05) is 13.1 Å². The Balaban J connectivity index is 1.66. The van der Waals surface area contributed by atoms with Crippen LogP contribution in [0.25, 0.3) is 0 Å². The second-order valence-corrected chi connectivity index (χ2v) is 4.45. The largest absolute Gasteiger partial charge is 0.316 e. The first-order chi connectivity index (χ1) is 8.42. The molecule has 4 nitrogen and oxygen atoms in total. The van der Waals surface area contributed by atoms with E-state index >= 15 is 0 Å². The van der Waals surface area contributed by atoms with Crippen LogP contribution in [0.2, 0.25) is 0 Å². The molecule has 3 rings (SSSR count). The summed E-state index contributed by atoms with van der Waals surface area (Å²) in [4.78, 5) is 2.48. The molecule has 1 aromatic heterocycles. The van der Waals surface area contributed by atoms with Crippen molar-refractivity contribution in [2.45, 2.75) is 19.5 Å². The smallest absolute Gasteiger partial charge is 0.134 e. The van der Waals surface area contributed by atoms with Gasteiger partial charge in [0.1, 0.15) is 12.2 Å². The van der Waals surface area contributed by atoms with Crippen molar-refractivity contribution in [2.24, 2.45) is 0 Å². The van der Waals surface area contributed by atoms with Gasteiger partial charge in [-0.3, -0.25) is 4.90 Å². The highest BCUT2D eigenvalue weighted by Gasteiger charge is 2.14. The highest BCUT2D eigenvalue weighted by atomic mass is 15.3. The van der Waals surface area contributed by atoms with Crippen LogP contribution >= 0.6 is 0 Å². The Morgan fingerprint density at radius 3 is 2.82 bits per heavy atom. The second-order valence-electron chi connectivity index (χ2n) is 4.45. The summed E-state index contributed by atoms with van der Waals surface area (Å²) in [7, 11) is 0. The molecule has 0 radical (unpaired) electrons. The van der Waals surface area contributed by atoms with Crippen molar-refractivity contribution in [1.82, 2.24) is 19.7 Å². The van der Waals surface area contributed by atoms with Crippen LogP contribution in [-0.2, 0) is 19.5 Å². The van der Waals surface area contributed by atoms with Crippen LogP contribution in [0.3, 0.4) is 0 Å². The molecule has 0 spiro atoms. The van der Waals surface area contributed by atoms with E-state index in [-0.39, 0.29) is 0 Å². The molecule has 0 aliphatic carbocycles. The lowest BCUT2D eigenvalue weighted by molar-refractivity contribution is 0.271. The lowest BCUT2D eigenvalue weighted by Crippen LogP contribution is -2.26. The van der Waals surface area contributed by atoms with E-state index in [1.807, 2.05) is 6.33 Å². The molecule has 17 heavy (non-hydrogen) atoms. The summed E-state index contributed by atoms with van der Waals surface area (Å²) >= 11 is 0. The van der Waals surface area contributed by atoms with Gasteiger partial charge in [0.25, 0.3) is 0 Å². The number of benzene rings is 1. The quantitative estimate of drug-likeness (QED) is 0.777. The molecule has 0 saturated carbocycles. The van der Waals surface area contributed by atoms with Crippen molar-refractivity contribution in [3.63, 3.8) is 0 Å². The van der Waals surface area contributed by atoms with Gasteiger partial charge in [0.15, 0.2) is 0 Å². The van der Waals surface area contributed by atoms with Crippen LogP contribution in [-0.4, -0.2) is 32.8 Å². The fourth-order valence-corrected chi connectivity index (χ4v) is 2.28. The molecule has 1 aliphatic heterocycles. The van der Waals surface area contributed by atoms with E-state index in [1.54, 1.807) is 0 Å². The maximum absolute atomic E-state index is 4.14. The van der Waals surface area contributed by atoms with Gasteiger partial charge in [-0.15, -0.1) is 10.2 Å². The zero-order valence-corrected chi connectivity index (χ0v) is 9.79. The van der Waals surface area contributed by atoms with Crippen LogP contribution in [0, 0.1) is 0 Å². The first-order valence-electron chi connectivity index (χ1n) is 6.05. The van der Waals surface area contributed by atoms with E-state index in [9.17, 15) is 0 Å². The molecule has 2 heterocycles. The summed E-state index contributed by atoms with van der Waals surface area (Å²) in [5.74, 6) is 1.11. The van der Waals surface area contributed by atoms with E-state index in [1.165, 1.54) is 5.56 Å². The Kier molecular flexibility index (Phi) is 2.88. The summed E-state index contributed by atoms with van der Waals surface area (Å²) in [6.07, 6.45) is 2.83. The third-order valence-electron chi connectivity index (χ3n) is 3.25. The number of aromatic nitrogens is 3. The fourth-order valence-electron chi connectivity index (χ4n) is 2.28. The SMILES string of the molecule is c1ccc(CN2CCc3nncn3CC2)cc1. The van der Waals surface area contributed by atoms with Gasteiger partial charge in [0.2, 0.25) is 0 Å². The van der Waals surface area contributed by atoms with Crippen molar-refractivity contribution < 1.29 is 0 Å². The molecule has 0 amide bonds. The van der Waals surface area contributed by atoms with E-state index in [0.29, 0.717) is 0 Å². The summed E-state index contributed by atoms with van der Waals surface area (Å²) in [5.41, 5.74) is 1.38. The molecule has 4 heteroatoms. The molecule has 0 unspecified atom stereocenters. The molecule has 0 N–H and O–H groups in total. The van der Waals surface area contributed by atoms with Gasteiger partial charge in [-0.05, 0) is 5.56 Å². The topological polar surface area (TPSA) is 34.0 Å². The molecule has 0 saturated heterocycles. The lowest BCUT2D eigenvalue weighted by Gasteiger charge is -2.19. The highest BCUT2D eigenvalue weighted by Crippen LogP contribution is 2.09. The Hall–Kier alpha value is -1.68. The highest BCUT2D eigenvalue weighted by molar-refractivity contribution is 5.14. The second kappa shape index (κ2) is 4.67. The zero-order valence-electron chi connectivity index (χ0n) is 9.79. The summed E-state index contributed by atoms with van der Waals surface area (Å²) in [6, 6.07) is 10.6. The molecule has 88 valence electrons. The van der Waals surface area contributed by atoms with Crippen LogP contribution < -0.4 is 0 Å². The predicted molar refractivity (Wildman–Crippen MR) is 65.4 cm³/mol. The Morgan fingerprint density at radius 1 is 1.06 bits per heavy atom. The van der Waals surface area contributed by atoms with Crippen LogP contribution in [0.4, 0.5) is 0 Å². The minimum absolute atomic E-state index is 0.993. The number of hydrogen-bond donors (Lipinski definition) is 0. The van der Waals surface area contributed by atoms with Gasteiger partial charge in [-0.2, -0.15) is 0 Å². The predicted octanol–water partition coefficient (Wildman–Crippen LogP) is 1.34. The first kappa shape index (κ1) is 10.5. The standard InChI is InChI=1S/C13H16N4/c1-2-4-12(5-3-1)10-16-7-6-13-15-14-11-17(13)9-8-16/h1-5,11H,6-10H2. The van der Waals surface area contributed by atoms with Crippen molar-refractivity contribution in [1.29, 1.82) is 0 Å². The van der Waals surface area contributed by atoms with Crippen molar-refractivity contribution in [3.8, 4) is 0 Å². The van der Waals surface area contributed by atoms with Crippen molar-refractivity contribution in [3.05, 3.63) is 48.0 Å². The normalized spacial score (nSPS) is 16.5. The van der Waals surface area contributed by atoms with Gasteiger partial charge in [0.05, 0.1) is 0 Å².